The van der Waals surface area contributed by atoms with Gasteiger partial charge in [0.05, 0.1) is 19.5 Å². The third kappa shape index (κ3) is 5.28. The fraction of sp³-hybridized carbons (Fsp3) is 0.444. The Labute approximate surface area is 217 Å². The topological polar surface area (TPSA) is 103 Å². The van der Waals surface area contributed by atoms with Crippen LogP contribution in [0.2, 0.25) is 0 Å². The Morgan fingerprint density at radius 2 is 1.76 bits per heavy atom. The lowest BCUT2D eigenvalue weighted by atomic mass is 9.86. The van der Waals surface area contributed by atoms with Gasteiger partial charge in [0.15, 0.2) is 11.5 Å². The van der Waals surface area contributed by atoms with E-state index in [0.717, 1.165) is 48.5 Å². The first-order chi connectivity index (χ1) is 17.7. The zero-order chi connectivity index (χ0) is 26.2. The number of nitrogens with zero attached hydrogens (tertiary/aromatic N) is 7. The van der Waals surface area contributed by atoms with E-state index in [-0.39, 0.29) is 11.5 Å². The molecule has 1 fully saturated rings. The van der Waals surface area contributed by atoms with Crippen LogP contribution in [0.3, 0.4) is 0 Å². The van der Waals surface area contributed by atoms with Crippen molar-refractivity contribution < 1.29 is 9.47 Å². The van der Waals surface area contributed by atoms with Crippen LogP contribution >= 0.6 is 0 Å². The Kier molecular flexibility index (Phi) is 6.57. The van der Waals surface area contributed by atoms with Gasteiger partial charge in [0.1, 0.15) is 17.9 Å². The van der Waals surface area contributed by atoms with E-state index < -0.39 is 0 Å². The van der Waals surface area contributed by atoms with Gasteiger partial charge < -0.3 is 24.3 Å². The zero-order valence-corrected chi connectivity index (χ0v) is 22.3. The van der Waals surface area contributed by atoms with Gasteiger partial charge in [-0.05, 0) is 29.5 Å². The Balaban J connectivity index is 1.37. The number of ether oxygens (including phenoxy) is 2. The molecule has 1 aromatic carbocycles. The minimum Gasteiger partial charge on any atom is -0.481 e. The number of aryl methyl sites for hydroxylation is 2. The van der Waals surface area contributed by atoms with Gasteiger partial charge in [-0.3, -0.25) is 0 Å². The summed E-state index contributed by atoms with van der Waals surface area (Å²) in [5.41, 5.74) is 5.05. The van der Waals surface area contributed by atoms with Crippen LogP contribution in [-0.2, 0) is 12.5 Å². The second-order valence-electron chi connectivity index (χ2n) is 10.5. The van der Waals surface area contributed by atoms with Crippen molar-refractivity contribution in [3.63, 3.8) is 0 Å². The van der Waals surface area contributed by atoms with Crippen LogP contribution in [0.15, 0.2) is 36.9 Å². The minimum atomic E-state index is 0.0478. The van der Waals surface area contributed by atoms with Crippen molar-refractivity contribution in [2.24, 2.45) is 7.05 Å². The number of aromatic nitrogens is 6. The van der Waals surface area contributed by atoms with E-state index in [4.69, 9.17) is 19.4 Å². The highest BCUT2D eigenvalue weighted by Gasteiger charge is 2.25. The molecule has 0 unspecified atom stereocenters. The number of methoxy groups -OCH3 is 1. The third-order valence-corrected chi connectivity index (χ3v) is 6.75. The molecule has 1 aliphatic rings. The highest BCUT2D eigenvalue weighted by Crippen LogP contribution is 2.32. The number of rotatable bonds is 6. The Morgan fingerprint density at radius 1 is 1.00 bits per heavy atom. The van der Waals surface area contributed by atoms with Crippen molar-refractivity contribution >= 4 is 28.6 Å². The molecule has 5 rings (SSSR count). The number of hydrogen-bond donors (Lipinski definition) is 1. The predicted octanol–water partition coefficient (Wildman–Crippen LogP) is 4.56. The molecule has 4 aromatic rings. The molecule has 0 saturated carbocycles. The molecule has 0 aliphatic carbocycles. The molecule has 0 atom stereocenters. The molecule has 1 saturated heterocycles. The summed E-state index contributed by atoms with van der Waals surface area (Å²) in [6.45, 7) is 10.3. The van der Waals surface area contributed by atoms with Gasteiger partial charge in [-0.25, -0.2) is 15.0 Å². The van der Waals surface area contributed by atoms with E-state index in [1.165, 1.54) is 11.9 Å². The summed E-state index contributed by atoms with van der Waals surface area (Å²) in [5, 5.41) is 3.60. The number of imidazole rings is 1. The zero-order valence-electron chi connectivity index (χ0n) is 22.3. The van der Waals surface area contributed by atoms with Crippen molar-refractivity contribution in [1.82, 2.24) is 29.5 Å². The van der Waals surface area contributed by atoms with E-state index in [1.807, 2.05) is 11.6 Å². The number of nitrogens with one attached hydrogen (secondary N) is 1. The fourth-order valence-electron chi connectivity index (χ4n) is 4.47. The molecule has 0 radical (unpaired) electrons. The van der Waals surface area contributed by atoms with Gasteiger partial charge >= 0.3 is 0 Å². The Morgan fingerprint density at radius 3 is 2.49 bits per heavy atom. The Bertz CT molecular complexity index is 1400. The summed E-state index contributed by atoms with van der Waals surface area (Å²) in [6.07, 6.45) is 4.93. The fourth-order valence-corrected chi connectivity index (χ4v) is 4.47. The number of fused-ring (bicyclic) bond motifs is 1. The molecule has 37 heavy (non-hydrogen) atoms. The number of hydrogen-bond acceptors (Lipinski definition) is 9. The van der Waals surface area contributed by atoms with Gasteiger partial charge in [-0.2, -0.15) is 9.97 Å². The molecule has 194 valence electrons. The van der Waals surface area contributed by atoms with E-state index in [2.05, 4.69) is 71.1 Å². The molecule has 10 nitrogen and oxygen atoms in total. The van der Waals surface area contributed by atoms with Gasteiger partial charge in [0, 0.05) is 38.7 Å². The number of benzene rings is 1. The van der Waals surface area contributed by atoms with Crippen LogP contribution in [0, 0.1) is 6.92 Å². The maximum absolute atomic E-state index is 6.08. The molecular formula is C27H34N8O2. The van der Waals surface area contributed by atoms with E-state index in [1.54, 1.807) is 19.5 Å². The van der Waals surface area contributed by atoms with E-state index >= 15 is 0 Å². The van der Waals surface area contributed by atoms with Crippen LogP contribution in [0.5, 0.6) is 11.8 Å². The number of piperidine rings is 1. The van der Waals surface area contributed by atoms with E-state index in [0.29, 0.717) is 23.4 Å². The van der Waals surface area contributed by atoms with Crippen LogP contribution in [-0.4, -0.2) is 55.8 Å². The molecule has 0 spiro atoms. The van der Waals surface area contributed by atoms with Crippen molar-refractivity contribution in [2.75, 3.05) is 30.4 Å². The average Bonchev–Trinajstić information content (AvgIpc) is 3.26. The summed E-state index contributed by atoms with van der Waals surface area (Å²) in [4.78, 5) is 24.8. The van der Waals surface area contributed by atoms with Crippen molar-refractivity contribution in [2.45, 2.75) is 52.1 Å². The van der Waals surface area contributed by atoms with Crippen molar-refractivity contribution in [3.8, 4) is 11.8 Å². The largest absolute Gasteiger partial charge is 0.481 e. The molecule has 3 aromatic heterocycles. The van der Waals surface area contributed by atoms with Crippen LogP contribution in [0.4, 0.5) is 17.5 Å². The van der Waals surface area contributed by atoms with Crippen LogP contribution in [0.1, 0.15) is 44.7 Å². The van der Waals surface area contributed by atoms with E-state index in [9.17, 15) is 0 Å². The summed E-state index contributed by atoms with van der Waals surface area (Å²) >= 11 is 0. The summed E-state index contributed by atoms with van der Waals surface area (Å²) in [5.74, 6) is 2.43. The normalized spacial score (nSPS) is 14.7. The average molecular weight is 503 g/mol. The molecule has 1 N–H and O–H groups in total. The van der Waals surface area contributed by atoms with Gasteiger partial charge in [-0.15, -0.1) is 0 Å². The van der Waals surface area contributed by atoms with Gasteiger partial charge in [0.2, 0.25) is 17.7 Å². The quantitative estimate of drug-likeness (QED) is 0.406. The predicted molar refractivity (Wildman–Crippen MR) is 144 cm³/mol. The van der Waals surface area contributed by atoms with Gasteiger partial charge in [-0.1, -0.05) is 32.9 Å². The molecular weight excluding hydrogens is 468 g/mol. The first-order valence-corrected chi connectivity index (χ1v) is 12.6. The first-order valence-electron chi connectivity index (χ1n) is 12.6. The summed E-state index contributed by atoms with van der Waals surface area (Å²) < 4.78 is 13.2. The lowest BCUT2D eigenvalue weighted by Crippen LogP contribution is -2.39. The third-order valence-electron chi connectivity index (χ3n) is 6.75. The highest BCUT2D eigenvalue weighted by molar-refractivity contribution is 5.87. The summed E-state index contributed by atoms with van der Waals surface area (Å²) in [6, 6.07) is 8.27. The lowest BCUT2D eigenvalue weighted by Gasteiger charge is -2.32. The molecule has 4 heterocycles. The molecule has 10 heteroatoms. The maximum Gasteiger partial charge on any atom is 0.229 e. The molecule has 0 bridgehead atoms. The van der Waals surface area contributed by atoms with Crippen LogP contribution in [0.25, 0.3) is 11.2 Å². The molecule has 1 aliphatic heterocycles. The highest BCUT2D eigenvalue weighted by atomic mass is 16.5. The number of anilines is 3. The van der Waals surface area contributed by atoms with Crippen molar-refractivity contribution in [1.29, 1.82) is 0 Å². The second kappa shape index (κ2) is 9.84. The van der Waals surface area contributed by atoms with Gasteiger partial charge in [0.25, 0.3) is 0 Å². The first kappa shape index (κ1) is 24.7. The second-order valence-corrected chi connectivity index (χ2v) is 10.5. The summed E-state index contributed by atoms with van der Waals surface area (Å²) in [7, 11) is 3.54. The SMILES string of the molecule is COc1cc(OC2CCN(c3nc(Nc4cc(C(C)(C)C)ccc4C)c4c(ncn4C)n3)CC2)ncn1. The molecule has 0 amide bonds. The lowest BCUT2D eigenvalue weighted by molar-refractivity contribution is 0.162. The Hall–Kier alpha value is -3.95. The minimum absolute atomic E-state index is 0.0478. The van der Waals surface area contributed by atoms with Crippen LogP contribution < -0.4 is 19.7 Å². The monoisotopic (exact) mass is 502 g/mol. The smallest absolute Gasteiger partial charge is 0.229 e. The van der Waals surface area contributed by atoms with Crippen molar-refractivity contribution in [3.05, 3.63) is 48.0 Å². The maximum atomic E-state index is 6.08. The standard InChI is InChI=1S/C27H34N8O2/c1-17-7-8-18(27(2,3)4)13-20(17)31-25-23-24(30-16-34(23)5)32-26(33-25)35-11-9-19(10-12-35)37-22-14-21(36-6)28-15-29-22/h7-8,13-16,19H,9-12H2,1-6H3,(H,31,32,33).